The van der Waals surface area contributed by atoms with Crippen molar-refractivity contribution in [2.45, 2.75) is 47.9 Å². The van der Waals surface area contributed by atoms with E-state index in [1.807, 2.05) is 30.3 Å². The fourth-order valence-electron chi connectivity index (χ4n) is 3.47. The van der Waals surface area contributed by atoms with Crippen molar-refractivity contribution in [3.8, 4) is 5.75 Å². The molecule has 0 unspecified atom stereocenters. The summed E-state index contributed by atoms with van der Waals surface area (Å²) in [4.78, 5) is 10.6. The highest BCUT2D eigenvalue weighted by molar-refractivity contribution is 7.99. The molecule has 4 rings (SSSR count). The Bertz CT molecular complexity index is 1020. The van der Waals surface area contributed by atoms with Gasteiger partial charge in [-0.3, -0.25) is 0 Å². The van der Waals surface area contributed by atoms with E-state index >= 15 is 0 Å². The summed E-state index contributed by atoms with van der Waals surface area (Å²) >= 11 is 0.970. The maximum absolute atomic E-state index is 13.5. The van der Waals surface area contributed by atoms with Crippen molar-refractivity contribution < 1.29 is 17.9 Å². The summed E-state index contributed by atoms with van der Waals surface area (Å²) in [5.41, 5.74) is -0.109. The summed E-state index contributed by atoms with van der Waals surface area (Å²) in [6.45, 7) is 0. The quantitative estimate of drug-likeness (QED) is 0.393. The van der Waals surface area contributed by atoms with Crippen LogP contribution in [0, 0.1) is 0 Å². The Hall–Kier alpha value is -2.74. The highest BCUT2D eigenvalue weighted by Crippen LogP contribution is 2.39. The molecule has 0 spiro atoms. The van der Waals surface area contributed by atoms with Crippen LogP contribution in [-0.2, 0) is 6.18 Å². The van der Waals surface area contributed by atoms with Gasteiger partial charge in [0.15, 0.2) is 0 Å². The third-order valence-corrected chi connectivity index (χ3v) is 6.13. The van der Waals surface area contributed by atoms with Gasteiger partial charge in [0.25, 0.3) is 0 Å². The first-order chi connectivity index (χ1) is 14.9. The Kier molecular flexibility index (Phi) is 6.36. The first kappa shape index (κ1) is 21.5. The molecule has 2 aromatic carbocycles. The van der Waals surface area contributed by atoms with E-state index in [1.165, 1.54) is 12.8 Å². The van der Waals surface area contributed by atoms with Crippen LogP contribution >= 0.6 is 11.8 Å². The van der Waals surface area contributed by atoms with Gasteiger partial charge in [-0.05, 0) is 49.9 Å². The molecule has 8 heteroatoms. The average molecular weight is 446 g/mol. The molecule has 0 radical (unpaired) electrons. The van der Waals surface area contributed by atoms with Crippen molar-refractivity contribution in [2.75, 3.05) is 11.9 Å². The van der Waals surface area contributed by atoms with Crippen LogP contribution in [0.1, 0.15) is 31.2 Å². The summed E-state index contributed by atoms with van der Waals surface area (Å²) < 4.78 is 46.6. The second kappa shape index (κ2) is 9.18. The zero-order valence-corrected chi connectivity index (χ0v) is 17.8. The molecule has 3 aromatic rings. The molecular formula is C23H22F3N3OS. The standard InChI is InChI=1S/C23H22F3N3OS/c1-29(16-8-7-11-18(14-16)30-17-9-5-6-10-17)22-27-15-20(23(24,25)26)21(28-22)31-19-12-3-2-4-13-19/h2-4,7-8,11-15,17H,5-6,9-10H2,1H3. The van der Waals surface area contributed by atoms with Gasteiger partial charge in [-0.1, -0.05) is 36.0 Å². The molecule has 1 saturated carbocycles. The van der Waals surface area contributed by atoms with Crippen LogP contribution in [-0.4, -0.2) is 23.1 Å². The maximum atomic E-state index is 13.5. The van der Waals surface area contributed by atoms with Gasteiger partial charge in [-0.25, -0.2) is 9.97 Å². The molecule has 0 N–H and O–H groups in total. The van der Waals surface area contributed by atoms with E-state index in [0.717, 1.165) is 42.2 Å². The molecule has 0 bridgehead atoms. The number of alkyl halides is 3. The van der Waals surface area contributed by atoms with Crippen molar-refractivity contribution in [3.05, 3.63) is 66.4 Å². The Morgan fingerprint density at radius 2 is 1.77 bits per heavy atom. The number of ether oxygens (including phenoxy) is 1. The minimum Gasteiger partial charge on any atom is -0.490 e. The van der Waals surface area contributed by atoms with Gasteiger partial charge in [0.2, 0.25) is 5.95 Å². The van der Waals surface area contributed by atoms with Gasteiger partial charge in [0.1, 0.15) is 16.3 Å². The van der Waals surface area contributed by atoms with Gasteiger partial charge in [-0.15, -0.1) is 0 Å². The van der Waals surface area contributed by atoms with Crippen LogP contribution in [0.3, 0.4) is 0 Å². The van der Waals surface area contributed by atoms with Gasteiger partial charge >= 0.3 is 6.18 Å². The van der Waals surface area contributed by atoms with Gasteiger partial charge < -0.3 is 9.64 Å². The summed E-state index contributed by atoms with van der Waals surface area (Å²) in [6, 6.07) is 16.3. The van der Waals surface area contributed by atoms with Crippen molar-refractivity contribution in [1.82, 2.24) is 9.97 Å². The largest absolute Gasteiger partial charge is 0.490 e. The zero-order valence-electron chi connectivity index (χ0n) is 17.0. The summed E-state index contributed by atoms with van der Waals surface area (Å²) in [6.07, 6.45) is 0.963. The second-order valence-electron chi connectivity index (χ2n) is 7.38. The molecule has 0 saturated heterocycles. The molecule has 0 atom stereocenters. The Morgan fingerprint density at radius 1 is 1.03 bits per heavy atom. The lowest BCUT2D eigenvalue weighted by Gasteiger charge is -2.21. The van der Waals surface area contributed by atoms with E-state index < -0.39 is 11.7 Å². The molecular weight excluding hydrogens is 423 g/mol. The SMILES string of the molecule is CN(c1cccc(OC2CCCC2)c1)c1ncc(C(F)(F)F)c(Sc2ccccc2)n1. The normalized spacial score (nSPS) is 14.6. The van der Waals surface area contributed by atoms with E-state index in [4.69, 9.17) is 4.74 Å². The third kappa shape index (κ3) is 5.31. The number of hydrogen-bond acceptors (Lipinski definition) is 5. The fourth-order valence-corrected chi connectivity index (χ4v) is 4.39. The molecule has 1 heterocycles. The van der Waals surface area contributed by atoms with Crippen LogP contribution in [0.5, 0.6) is 5.75 Å². The number of halogens is 3. The predicted octanol–water partition coefficient (Wildman–Crippen LogP) is 6.74. The number of benzene rings is 2. The molecule has 0 aliphatic heterocycles. The average Bonchev–Trinajstić information content (AvgIpc) is 3.26. The van der Waals surface area contributed by atoms with Crippen molar-refractivity contribution in [2.24, 2.45) is 0 Å². The first-order valence-corrected chi connectivity index (χ1v) is 10.9. The third-order valence-electron chi connectivity index (χ3n) is 5.11. The topological polar surface area (TPSA) is 38.2 Å². The Labute approximate surface area is 183 Å². The van der Waals surface area contributed by atoms with Gasteiger partial charge in [-0.2, -0.15) is 13.2 Å². The molecule has 162 valence electrons. The summed E-state index contributed by atoms with van der Waals surface area (Å²) in [5, 5.41) is -0.131. The molecule has 4 nitrogen and oxygen atoms in total. The van der Waals surface area contributed by atoms with Crippen molar-refractivity contribution in [1.29, 1.82) is 0 Å². The monoisotopic (exact) mass is 445 g/mol. The minimum atomic E-state index is -4.54. The lowest BCUT2D eigenvalue weighted by Crippen LogP contribution is -2.17. The number of hydrogen-bond donors (Lipinski definition) is 0. The molecule has 1 aliphatic rings. The van der Waals surface area contributed by atoms with E-state index in [-0.39, 0.29) is 17.1 Å². The van der Waals surface area contributed by atoms with Gasteiger partial charge in [0, 0.05) is 29.9 Å². The van der Waals surface area contributed by atoms with Crippen molar-refractivity contribution >= 4 is 23.4 Å². The minimum absolute atomic E-state index is 0.131. The van der Waals surface area contributed by atoms with Crippen molar-refractivity contribution in [3.63, 3.8) is 0 Å². The predicted molar refractivity (Wildman–Crippen MR) is 115 cm³/mol. The Balaban J connectivity index is 1.62. The first-order valence-electron chi connectivity index (χ1n) is 10.1. The second-order valence-corrected chi connectivity index (χ2v) is 8.44. The number of aromatic nitrogens is 2. The molecule has 1 fully saturated rings. The van der Waals surface area contributed by atoms with Crippen LogP contribution in [0.25, 0.3) is 0 Å². The van der Waals surface area contributed by atoms with Crippen LogP contribution < -0.4 is 9.64 Å². The smallest absolute Gasteiger partial charge is 0.420 e. The number of rotatable bonds is 6. The van der Waals surface area contributed by atoms with E-state index in [1.54, 1.807) is 36.2 Å². The maximum Gasteiger partial charge on any atom is 0.420 e. The van der Waals surface area contributed by atoms with E-state index in [2.05, 4.69) is 9.97 Å². The fraction of sp³-hybridized carbons (Fsp3) is 0.304. The highest BCUT2D eigenvalue weighted by Gasteiger charge is 2.35. The number of nitrogens with zero attached hydrogens (tertiary/aromatic N) is 3. The lowest BCUT2D eigenvalue weighted by atomic mass is 10.2. The van der Waals surface area contributed by atoms with Crippen LogP contribution in [0.15, 0.2) is 70.7 Å². The summed E-state index contributed by atoms with van der Waals surface area (Å²) in [7, 11) is 1.73. The zero-order chi connectivity index (χ0) is 21.8. The molecule has 1 aromatic heterocycles. The lowest BCUT2D eigenvalue weighted by molar-refractivity contribution is -0.140. The summed E-state index contributed by atoms with van der Waals surface area (Å²) in [5.74, 6) is 0.923. The molecule has 0 amide bonds. The molecule has 31 heavy (non-hydrogen) atoms. The van der Waals surface area contributed by atoms with Crippen LogP contribution in [0.2, 0.25) is 0 Å². The Morgan fingerprint density at radius 3 is 2.48 bits per heavy atom. The van der Waals surface area contributed by atoms with Crippen LogP contribution in [0.4, 0.5) is 24.8 Å². The van der Waals surface area contributed by atoms with Gasteiger partial charge in [0.05, 0.1) is 6.10 Å². The number of anilines is 2. The van der Waals surface area contributed by atoms with E-state index in [0.29, 0.717) is 4.90 Å². The van der Waals surface area contributed by atoms with E-state index in [9.17, 15) is 13.2 Å². The molecule has 1 aliphatic carbocycles. The highest BCUT2D eigenvalue weighted by atomic mass is 32.2.